The maximum atomic E-state index is 5.27. The molecule has 0 aliphatic carbocycles. The second kappa shape index (κ2) is 5.07. The smallest absolute Gasteiger partial charge is 0.499 e. The summed E-state index contributed by atoms with van der Waals surface area (Å²) in [4.78, 5) is 0. The fraction of sp³-hybridized carbons (Fsp3) is 0.333. The van der Waals surface area contributed by atoms with Crippen LogP contribution in [0, 0.1) is 6.92 Å². The van der Waals surface area contributed by atoms with E-state index in [0.29, 0.717) is 0 Å². The molecule has 0 N–H and O–H groups in total. The highest BCUT2D eigenvalue weighted by molar-refractivity contribution is 9.23. The summed E-state index contributed by atoms with van der Waals surface area (Å²) in [5.41, 5.74) is 1.11. The second-order valence-electron chi connectivity index (χ2n) is 2.77. The van der Waals surface area contributed by atoms with E-state index >= 15 is 0 Å². The van der Waals surface area contributed by atoms with Gasteiger partial charge in [0.05, 0.1) is 20.0 Å². The highest BCUT2D eigenvalue weighted by Crippen LogP contribution is 2.21. The molecule has 13 heavy (non-hydrogen) atoms. The molecule has 1 rings (SSSR count). The average Bonchev–Trinajstić information content (AvgIpc) is 2.17. The van der Waals surface area contributed by atoms with Gasteiger partial charge in [-0.25, -0.2) is 0 Å². The summed E-state index contributed by atoms with van der Waals surface area (Å²) in [7, 11) is 3.39. The predicted octanol–water partition coefficient (Wildman–Crippen LogP) is 1.65. The van der Waals surface area contributed by atoms with E-state index in [2.05, 4.69) is 19.0 Å². The summed E-state index contributed by atoms with van der Waals surface area (Å²) in [6, 6.07) is 4.07. The van der Waals surface area contributed by atoms with E-state index in [4.69, 9.17) is 9.47 Å². The van der Waals surface area contributed by atoms with Crippen molar-refractivity contribution in [3.8, 4) is 11.5 Å². The molecule has 0 amide bonds. The van der Waals surface area contributed by atoms with Gasteiger partial charge in [0.1, 0.15) is 5.75 Å². The van der Waals surface area contributed by atoms with Crippen molar-refractivity contribution in [1.29, 1.82) is 0 Å². The number of aryl methyl sites for hydroxylation is 1. The first kappa shape index (κ1) is 11.1. The van der Waals surface area contributed by atoms with Crippen molar-refractivity contribution >= 4 is 34.8 Å². The van der Waals surface area contributed by atoms with Crippen LogP contribution in [0.15, 0.2) is 12.1 Å². The van der Waals surface area contributed by atoms with E-state index in [0.717, 1.165) is 17.1 Å². The summed E-state index contributed by atoms with van der Waals surface area (Å²) >= 11 is 3.15. The SMILES string of the molecule is COc1c[c]([Mg][Br])c(OC)cc1C. The number of halogens is 1. The third-order valence-corrected chi connectivity index (χ3v) is 4.59. The lowest BCUT2D eigenvalue weighted by atomic mass is 10.2. The number of benzene rings is 1. The molecule has 68 valence electrons. The van der Waals surface area contributed by atoms with Crippen LogP contribution in [0.3, 0.4) is 0 Å². The zero-order valence-corrected chi connectivity index (χ0v) is 11.1. The average molecular weight is 255 g/mol. The van der Waals surface area contributed by atoms with Gasteiger partial charge in [-0.05, 0) is 24.6 Å². The molecule has 0 spiro atoms. The van der Waals surface area contributed by atoms with Crippen LogP contribution in [0.25, 0.3) is 0 Å². The van der Waals surface area contributed by atoms with Gasteiger partial charge in [-0.3, -0.25) is 12.9 Å². The number of hydrogen-bond donors (Lipinski definition) is 0. The Labute approximate surface area is 94.2 Å². The van der Waals surface area contributed by atoms with Crippen LogP contribution in [-0.4, -0.2) is 32.4 Å². The quantitative estimate of drug-likeness (QED) is 0.765. The monoisotopic (exact) mass is 254 g/mol. The Morgan fingerprint density at radius 3 is 2.23 bits per heavy atom. The Morgan fingerprint density at radius 2 is 1.77 bits per heavy atom. The molecule has 0 bridgehead atoms. The zero-order chi connectivity index (χ0) is 9.84. The summed E-state index contributed by atoms with van der Waals surface area (Å²) in [5.74, 6) is 1.89. The van der Waals surface area contributed by atoms with Gasteiger partial charge in [0, 0.05) is 0 Å². The molecule has 4 heteroatoms. The lowest BCUT2D eigenvalue weighted by Gasteiger charge is -2.11. The minimum atomic E-state index is -0.388. The molecule has 0 unspecified atom stereocenters. The van der Waals surface area contributed by atoms with Crippen molar-refractivity contribution < 1.29 is 9.47 Å². The minimum absolute atomic E-state index is 0.388. The lowest BCUT2D eigenvalue weighted by molar-refractivity contribution is 0.403. The van der Waals surface area contributed by atoms with Crippen LogP contribution in [0.2, 0.25) is 0 Å². The predicted molar refractivity (Wildman–Crippen MR) is 58.6 cm³/mol. The Balaban J connectivity index is 3.18. The van der Waals surface area contributed by atoms with Gasteiger partial charge in [0.2, 0.25) is 0 Å². The van der Waals surface area contributed by atoms with Crippen molar-refractivity contribution in [3.05, 3.63) is 17.7 Å². The highest BCUT2D eigenvalue weighted by atomic mass is 79.9. The van der Waals surface area contributed by atoms with Gasteiger partial charge in [-0.2, -0.15) is 0 Å². The first-order chi connectivity index (χ1) is 6.22. The topological polar surface area (TPSA) is 18.5 Å². The number of rotatable bonds is 3. The zero-order valence-electron chi connectivity index (χ0n) is 8.06. The van der Waals surface area contributed by atoms with Crippen LogP contribution >= 0.6 is 12.9 Å². The first-order valence-corrected chi connectivity index (χ1v) is 8.61. The van der Waals surface area contributed by atoms with Crippen molar-refractivity contribution in [2.24, 2.45) is 0 Å². The molecule has 0 saturated carbocycles. The molecule has 0 saturated heterocycles. The van der Waals surface area contributed by atoms with Crippen LogP contribution in [0.4, 0.5) is 0 Å². The lowest BCUT2D eigenvalue weighted by Crippen LogP contribution is -2.13. The molecule has 2 nitrogen and oxygen atoms in total. The Morgan fingerprint density at radius 1 is 1.15 bits per heavy atom. The van der Waals surface area contributed by atoms with Gasteiger partial charge in [-0.1, -0.05) is 0 Å². The largest absolute Gasteiger partial charge is 0.513 e. The molecule has 1 aromatic rings. The fourth-order valence-corrected chi connectivity index (χ4v) is 3.17. The van der Waals surface area contributed by atoms with Gasteiger partial charge in [0.15, 0.2) is 0 Å². The molecule has 0 radical (unpaired) electrons. The summed E-state index contributed by atoms with van der Waals surface area (Å²) in [6.07, 6.45) is 0. The number of methoxy groups -OCH3 is 2. The summed E-state index contributed by atoms with van der Waals surface area (Å²) < 4.78 is 11.7. The van der Waals surface area contributed by atoms with E-state index < -0.39 is 0 Å². The maximum Gasteiger partial charge on any atom is 0.513 e. The van der Waals surface area contributed by atoms with E-state index in [1.165, 1.54) is 3.69 Å². The molecule has 0 aromatic heterocycles. The highest BCUT2D eigenvalue weighted by Gasteiger charge is 2.08. The van der Waals surface area contributed by atoms with Crippen LogP contribution < -0.4 is 13.2 Å². The van der Waals surface area contributed by atoms with E-state index in [1.54, 1.807) is 14.2 Å². The third-order valence-electron chi connectivity index (χ3n) is 1.94. The van der Waals surface area contributed by atoms with Gasteiger partial charge in [-0.15, -0.1) is 3.69 Å². The van der Waals surface area contributed by atoms with Crippen LogP contribution in [-0.2, 0) is 0 Å². The molecular weight excluding hydrogens is 244 g/mol. The fourth-order valence-electron chi connectivity index (χ4n) is 1.22. The third kappa shape index (κ3) is 2.51. The molecule has 0 heterocycles. The number of hydrogen-bond acceptors (Lipinski definition) is 2. The normalized spacial score (nSPS) is 9.23. The van der Waals surface area contributed by atoms with Gasteiger partial charge < -0.3 is 9.47 Å². The van der Waals surface area contributed by atoms with Crippen molar-refractivity contribution in [2.45, 2.75) is 6.92 Å². The standard InChI is InChI=1S/C9H11O2.BrH.Mg/c1-7-6-8(10-2)4-5-9(7)11-3;;/h5-6H,1-3H3;1H;/q;;+1/p-1. The summed E-state index contributed by atoms with van der Waals surface area (Å²) in [6.45, 7) is 2.01. The molecule has 0 fully saturated rings. The molecular formula is C9H11BrMgO2. The Kier molecular flexibility index (Phi) is 4.35. The Hall–Kier alpha value is 0.0662. The molecule has 1 aromatic carbocycles. The van der Waals surface area contributed by atoms with Gasteiger partial charge in [0.25, 0.3) is 0 Å². The van der Waals surface area contributed by atoms with E-state index in [9.17, 15) is 0 Å². The Bertz CT molecular complexity index is 302. The first-order valence-electron chi connectivity index (χ1n) is 4.00. The molecule has 0 aliphatic rings. The van der Waals surface area contributed by atoms with E-state index in [-0.39, 0.29) is 18.2 Å². The van der Waals surface area contributed by atoms with Gasteiger partial charge >= 0.3 is 18.2 Å². The van der Waals surface area contributed by atoms with E-state index in [1.807, 2.05) is 13.0 Å². The van der Waals surface area contributed by atoms with Crippen molar-refractivity contribution in [3.63, 3.8) is 0 Å². The summed E-state index contributed by atoms with van der Waals surface area (Å²) in [5, 5.41) is 0. The van der Waals surface area contributed by atoms with Crippen molar-refractivity contribution in [2.75, 3.05) is 14.2 Å². The van der Waals surface area contributed by atoms with Crippen molar-refractivity contribution in [1.82, 2.24) is 0 Å². The maximum absolute atomic E-state index is 5.27. The molecule has 0 atom stereocenters. The molecule has 0 aliphatic heterocycles. The van der Waals surface area contributed by atoms with Crippen LogP contribution in [0.5, 0.6) is 11.5 Å². The number of ether oxygens (including phenoxy) is 2. The second-order valence-corrected chi connectivity index (χ2v) is 5.48. The van der Waals surface area contributed by atoms with Crippen LogP contribution in [0.1, 0.15) is 5.56 Å². The minimum Gasteiger partial charge on any atom is -0.499 e.